The number of benzene rings is 4. The Balaban J connectivity index is 1.04. The van der Waals surface area contributed by atoms with Gasteiger partial charge in [0, 0.05) is 25.3 Å². The molecule has 1 aromatic heterocycles. The van der Waals surface area contributed by atoms with E-state index < -0.39 is 0 Å². The summed E-state index contributed by atoms with van der Waals surface area (Å²) in [4.78, 5) is 31.5. The van der Waals surface area contributed by atoms with Crippen LogP contribution in [0.15, 0.2) is 91.0 Å². The van der Waals surface area contributed by atoms with E-state index in [0.29, 0.717) is 61.2 Å². The minimum Gasteiger partial charge on any atom is -0.494 e. The summed E-state index contributed by atoms with van der Waals surface area (Å²) in [6.45, 7) is 1.66. The molecule has 51 heavy (non-hydrogen) atoms. The van der Waals surface area contributed by atoms with Crippen molar-refractivity contribution in [1.29, 1.82) is 0 Å². The Morgan fingerprint density at radius 2 is 1.59 bits per heavy atom. The molecule has 7 rings (SSSR count). The first-order chi connectivity index (χ1) is 25.0. The molecule has 2 atom stereocenters. The van der Waals surface area contributed by atoms with Crippen molar-refractivity contribution in [2.24, 2.45) is 0 Å². The molecule has 0 spiro atoms. The number of carbonyl (C=O) groups excluding carboxylic acids is 2. The molecule has 2 aliphatic rings. The van der Waals surface area contributed by atoms with Gasteiger partial charge in [-0.1, -0.05) is 48.5 Å². The van der Waals surface area contributed by atoms with Gasteiger partial charge >= 0.3 is 0 Å². The second-order valence-electron chi connectivity index (χ2n) is 12.8. The van der Waals surface area contributed by atoms with Crippen molar-refractivity contribution in [1.82, 2.24) is 14.5 Å². The van der Waals surface area contributed by atoms with Gasteiger partial charge in [-0.25, -0.2) is 4.98 Å². The number of imidazole rings is 1. The summed E-state index contributed by atoms with van der Waals surface area (Å²) in [5.41, 5.74) is 5.55. The maximum atomic E-state index is 12.7. The number of aromatic nitrogens is 2. The summed E-state index contributed by atoms with van der Waals surface area (Å²) >= 11 is 0. The molecule has 0 aliphatic carbocycles. The van der Waals surface area contributed by atoms with E-state index in [2.05, 4.69) is 16.0 Å². The molecule has 2 aliphatic heterocycles. The molecule has 0 bridgehead atoms. The van der Waals surface area contributed by atoms with Gasteiger partial charge in [0.25, 0.3) is 11.8 Å². The third-order valence-electron chi connectivity index (χ3n) is 9.30. The fraction of sp³-hybridized carbons (Fsp3) is 0.325. The molecule has 4 aromatic carbocycles. The average molecular weight is 691 g/mol. The number of ether oxygens (including phenoxy) is 3. The molecular weight excluding hydrogens is 648 g/mol. The molecule has 0 unspecified atom stereocenters. The molecular formula is C40H42N4O7. The number of imide groups is 1. The number of aliphatic hydroxyl groups is 2. The number of carbonyl (C=O) groups is 2. The number of aliphatic hydroxyl groups excluding tert-OH is 2. The highest BCUT2D eigenvalue weighted by molar-refractivity contribution is 6.21. The van der Waals surface area contributed by atoms with E-state index in [1.165, 1.54) is 4.90 Å². The van der Waals surface area contributed by atoms with Crippen LogP contribution in [0.5, 0.6) is 11.5 Å². The lowest BCUT2D eigenvalue weighted by Crippen LogP contribution is -2.31. The quantitative estimate of drug-likeness (QED) is 0.0817. The SMILES string of the molecule is O=C1c2ccccc2C(=O)N1CCCOc1cccc(-c2ccc(CNc3nc4ccccc4n3[C@H]3CC[C@@H](CO)O3)cc2OCCCCO)c1. The van der Waals surface area contributed by atoms with Crippen LogP contribution in [0.25, 0.3) is 22.2 Å². The van der Waals surface area contributed by atoms with Gasteiger partial charge in [-0.3, -0.25) is 19.1 Å². The summed E-state index contributed by atoms with van der Waals surface area (Å²) in [5, 5.41) is 22.5. The van der Waals surface area contributed by atoms with Crippen LogP contribution >= 0.6 is 0 Å². The Labute approximate surface area is 296 Å². The number of hydrogen-bond acceptors (Lipinski definition) is 9. The Bertz CT molecular complexity index is 1980. The van der Waals surface area contributed by atoms with Gasteiger partial charge < -0.3 is 29.7 Å². The minimum absolute atomic E-state index is 0.00687. The third kappa shape index (κ3) is 7.46. The number of para-hydroxylation sites is 2. The second kappa shape index (κ2) is 15.8. The Kier molecular flexibility index (Phi) is 10.6. The summed E-state index contributed by atoms with van der Waals surface area (Å²) < 4.78 is 20.6. The van der Waals surface area contributed by atoms with E-state index in [0.717, 1.165) is 47.0 Å². The van der Waals surface area contributed by atoms with E-state index in [9.17, 15) is 19.8 Å². The molecule has 2 amide bonds. The molecule has 11 nitrogen and oxygen atoms in total. The van der Waals surface area contributed by atoms with Crippen molar-refractivity contribution in [3.05, 3.63) is 108 Å². The van der Waals surface area contributed by atoms with Gasteiger partial charge in [0.05, 0.1) is 48.1 Å². The number of nitrogens with one attached hydrogen (secondary N) is 1. The van der Waals surface area contributed by atoms with E-state index in [1.807, 2.05) is 60.7 Å². The minimum atomic E-state index is -0.263. The molecule has 3 N–H and O–H groups in total. The van der Waals surface area contributed by atoms with Crippen molar-refractivity contribution >= 4 is 28.8 Å². The molecule has 0 radical (unpaired) electrons. The zero-order valence-corrected chi connectivity index (χ0v) is 28.4. The highest BCUT2D eigenvalue weighted by Gasteiger charge is 2.34. The van der Waals surface area contributed by atoms with Crippen molar-refractivity contribution < 1.29 is 34.0 Å². The Morgan fingerprint density at radius 3 is 2.37 bits per heavy atom. The molecule has 5 aromatic rings. The predicted octanol–water partition coefficient (Wildman–Crippen LogP) is 6.20. The van der Waals surface area contributed by atoms with E-state index >= 15 is 0 Å². The van der Waals surface area contributed by atoms with Crippen molar-refractivity contribution in [3.8, 4) is 22.6 Å². The van der Waals surface area contributed by atoms with Crippen molar-refractivity contribution in [2.75, 3.05) is 38.3 Å². The van der Waals surface area contributed by atoms with Gasteiger partial charge in [-0.05, 0) is 85.7 Å². The first-order valence-electron chi connectivity index (χ1n) is 17.6. The fourth-order valence-corrected chi connectivity index (χ4v) is 6.69. The second-order valence-corrected chi connectivity index (χ2v) is 12.8. The molecule has 0 saturated carbocycles. The Morgan fingerprint density at radius 1 is 0.804 bits per heavy atom. The lowest BCUT2D eigenvalue weighted by molar-refractivity contribution is -0.0195. The van der Waals surface area contributed by atoms with Crippen LogP contribution in [-0.4, -0.2) is 75.6 Å². The number of fused-ring (bicyclic) bond motifs is 2. The molecule has 11 heteroatoms. The highest BCUT2D eigenvalue weighted by atomic mass is 16.5. The lowest BCUT2D eigenvalue weighted by atomic mass is 10.0. The first kappa shape index (κ1) is 34.2. The molecule has 1 saturated heterocycles. The number of nitrogens with zero attached hydrogens (tertiary/aromatic N) is 3. The van der Waals surface area contributed by atoms with Crippen LogP contribution in [0.3, 0.4) is 0 Å². The van der Waals surface area contributed by atoms with Gasteiger partial charge in [0.1, 0.15) is 17.7 Å². The van der Waals surface area contributed by atoms with Crippen LogP contribution < -0.4 is 14.8 Å². The third-order valence-corrected chi connectivity index (χ3v) is 9.30. The van der Waals surface area contributed by atoms with Crippen LogP contribution in [-0.2, 0) is 11.3 Å². The number of anilines is 1. The molecule has 1 fully saturated rings. The first-order valence-corrected chi connectivity index (χ1v) is 17.6. The molecule has 264 valence electrons. The zero-order valence-electron chi connectivity index (χ0n) is 28.4. The summed E-state index contributed by atoms with van der Waals surface area (Å²) in [6, 6.07) is 28.7. The van der Waals surface area contributed by atoms with E-state index in [-0.39, 0.29) is 43.9 Å². The van der Waals surface area contributed by atoms with Crippen LogP contribution in [0.1, 0.15) is 64.6 Å². The smallest absolute Gasteiger partial charge is 0.261 e. The maximum Gasteiger partial charge on any atom is 0.261 e. The van der Waals surface area contributed by atoms with Gasteiger partial charge in [-0.15, -0.1) is 0 Å². The summed E-state index contributed by atoms with van der Waals surface area (Å²) in [7, 11) is 0. The van der Waals surface area contributed by atoms with Gasteiger partial charge in [0.15, 0.2) is 0 Å². The van der Waals surface area contributed by atoms with Crippen molar-refractivity contribution in [3.63, 3.8) is 0 Å². The fourth-order valence-electron chi connectivity index (χ4n) is 6.69. The topological polar surface area (TPSA) is 135 Å². The summed E-state index contributed by atoms with van der Waals surface area (Å²) in [6.07, 6.45) is 3.03. The van der Waals surface area contributed by atoms with Crippen LogP contribution in [0.2, 0.25) is 0 Å². The zero-order chi connectivity index (χ0) is 35.2. The van der Waals surface area contributed by atoms with Crippen LogP contribution in [0.4, 0.5) is 5.95 Å². The van der Waals surface area contributed by atoms with Gasteiger partial charge in [-0.2, -0.15) is 0 Å². The van der Waals surface area contributed by atoms with E-state index in [4.69, 9.17) is 19.2 Å². The lowest BCUT2D eigenvalue weighted by Gasteiger charge is -2.19. The van der Waals surface area contributed by atoms with Crippen LogP contribution in [0, 0.1) is 0 Å². The number of amides is 2. The highest BCUT2D eigenvalue weighted by Crippen LogP contribution is 2.36. The monoisotopic (exact) mass is 690 g/mol. The standard InChI is InChI=1S/C40H42N4O7/c45-20-5-6-21-50-36-23-27(25-41-40-42-34-13-3-4-14-35(34)44(40)37-18-16-30(26-46)51-37)15-17-31(36)28-9-7-10-29(24-28)49-22-8-19-43-38(47)32-11-1-2-12-33(32)39(43)48/h1-4,7,9-15,17,23-24,30,37,45-46H,5-6,8,16,18-22,25-26H2,(H,41,42)/t30-,37+/m0/s1. The maximum absolute atomic E-state index is 12.7. The summed E-state index contributed by atoms with van der Waals surface area (Å²) in [5.74, 6) is 1.56. The van der Waals surface area contributed by atoms with Crippen molar-refractivity contribution in [2.45, 2.75) is 51.0 Å². The predicted molar refractivity (Wildman–Crippen MR) is 193 cm³/mol. The largest absolute Gasteiger partial charge is 0.494 e. The number of hydrogen-bond donors (Lipinski definition) is 3. The van der Waals surface area contributed by atoms with E-state index in [1.54, 1.807) is 24.3 Å². The number of unbranched alkanes of at least 4 members (excludes halogenated alkanes) is 1. The normalized spacial score (nSPS) is 16.9. The number of rotatable bonds is 16. The molecule has 3 heterocycles. The average Bonchev–Trinajstić information content (AvgIpc) is 3.85. The Hall–Kier alpha value is -5.23. The van der Waals surface area contributed by atoms with Gasteiger partial charge in [0.2, 0.25) is 5.95 Å².